The predicted octanol–water partition coefficient (Wildman–Crippen LogP) is 4.52. The molecule has 3 heteroatoms. The Bertz CT molecular complexity index is 568. The van der Waals surface area contributed by atoms with Crippen LogP contribution in [0.25, 0.3) is 11.1 Å². The summed E-state index contributed by atoms with van der Waals surface area (Å²) in [6.45, 7) is 0. The SMILES string of the molecule is O=CC1c2cc(Br)ccc2-c2ccc(Br)cc21. The largest absolute Gasteiger partial charge is 0.302 e. The molecule has 0 aromatic heterocycles. The van der Waals surface area contributed by atoms with E-state index in [4.69, 9.17) is 0 Å². The van der Waals surface area contributed by atoms with Crippen LogP contribution in [0.5, 0.6) is 0 Å². The molecule has 0 spiro atoms. The van der Waals surface area contributed by atoms with Crippen LogP contribution in [0.1, 0.15) is 17.0 Å². The highest BCUT2D eigenvalue weighted by Gasteiger charge is 2.28. The predicted molar refractivity (Wildman–Crippen MR) is 75.2 cm³/mol. The maximum Gasteiger partial charge on any atom is 0.131 e. The number of fused-ring (bicyclic) bond motifs is 3. The Morgan fingerprint density at radius 3 is 1.76 bits per heavy atom. The fourth-order valence-electron chi connectivity index (χ4n) is 2.39. The first kappa shape index (κ1) is 11.2. The van der Waals surface area contributed by atoms with E-state index in [0.29, 0.717) is 0 Å². The lowest BCUT2D eigenvalue weighted by atomic mass is 9.99. The molecule has 1 aliphatic rings. The molecule has 1 nitrogen and oxygen atoms in total. The zero-order valence-electron chi connectivity index (χ0n) is 8.78. The Balaban J connectivity index is 2.32. The molecular formula is C14H8Br2O. The lowest BCUT2D eigenvalue weighted by molar-refractivity contribution is -0.108. The number of carbonyl (C=O) groups excluding carboxylic acids is 1. The minimum Gasteiger partial charge on any atom is -0.302 e. The Hall–Kier alpha value is -0.930. The molecule has 0 radical (unpaired) electrons. The molecule has 0 saturated carbocycles. The maximum absolute atomic E-state index is 11.3. The maximum atomic E-state index is 11.3. The van der Waals surface area contributed by atoms with E-state index in [9.17, 15) is 4.79 Å². The van der Waals surface area contributed by atoms with Crippen molar-refractivity contribution in [2.24, 2.45) is 0 Å². The van der Waals surface area contributed by atoms with E-state index in [1.165, 1.54) is 0 Å². The van der Waals surface area contributed by atoms with Gasteiger partial charge < -0.3 is 4.79 Å². The Kier molecular flexibility index (Phi) is 2.68. The minimum atomic E-state index is -0.144. The van der Waals surface area contributed by atoms with E-state index in [0.717, 1.165) is 37.5 Å². The Labute approximate surface area is 116 Å². The minimum absolute atomic E-state index is 0.144. The van der Waals surface area contributed by atoms with Gasteiger partial charge in [-0.2, -0.15) is 0 Å². The van der Waals surface area contributed by atoms with Gasteiger partial charge in [-0.1, -0.05) is 44.0 Å². The molecule has 0 fully saturated rings. The first-order valence-corrected chi connectivity index (χ1v) is 6.84. The van der Waals surface area contributed by atoms with E-state index in [1.807, 2.05) is 24.3 Å². The molecule has 0 amide bonds. The number of aldehydes is 1. The van der Waals surface area contributed by atoms with Crippen LogP contribution in [0.2, 0.25) is 0 Å². The number of hydrogen-bond donors (Lipinski definition) is 0. The van der Waals surface area contributed by atoms with Gasteiger partial charge >= 0.3 is 0 Å². The van der Waals surface area contributed by atoms with Crippen molar-refractivity contribution < 1.29 is 4.79 Å². The third kappa shape index (κ3) is 1.69. The molecule has 2 aromatic carbocycles. The second-order valence-corrected chi connectivity index (χ2v) is 5.91. The third-order valence-corrected chi connectivity index (χ3v) is 4.11. The lowest BCUT2D eigenvalue weighted by Crippen LogP contribution is -1.97. The summed E-state index contributed by atoms with van der Waals surface area (Å²) in [5.74, 6) is -0.144. The normalized spacial score (nSPS) is 13.3. The highest BCUT2D eigenvalue weighted by Crippen LogP contribution is 2.45. The van der Waals surface area contributed by atoms with Gasteiger partial charge in [-0.15, -0.1) is 0 Å². The first-order chi connectivity index (χ1) is 8.20. The van der Waals surface area contributed by atoms with Crippen molar-refractivity contribution in [3.63, 3.8) is 0 Å². The van der Waals surface area contributed by atoms with Crippen LogP contribution < -0.4 is 0 Å². The van der Waals surface area contributed by atoms with Gasteiger partial charge in [-0.3, -0.25) is 0 Å². The fourth-order valence-corrected chi connectivity index (χ4v) is 3.14. The molecular weight excluding hydrogens is 344 g/mol. The molecule has 0 bridgehead atoms. The molecule has 17 heavy (non-hydrogen) atoms. The average molecular weight is 352 g/mol. The molecule has 0 unspecified atom stereocenters. The van der Waals surface area contributed by atoms with E-state index in [1.54, 1.807) is 0 Å². The van der Waals surface area contributed by atoms with Crippen LogP contribution in [-0.4, -0.2) is 6.29 Å². The third-order valence-electron chi connectivity index (χ3n) is 3.12. The van der Waals surface area contributed by atoms with Gasteiger partial charge in [0.05, 0.1) is 5.92 Å². The van der Waals surface area contributed by atoms with Crippen molar-refractivity contribution in [1.82, 2.24) is 0 Å². The number of benzene rings is 2. The van der Waals surface area contributed by atoms with Crippen molar-refractivity contribution in [3.8, 4) is 11.1 Å². The van der Waals surface area contributed by atoms with Gasteiger partial charge in [0.1, 0.15) is 6.29 Å². The van der Waals surface area contributed by atoms with Crippen LogP contribution in [-0.2, 0) is 4.79 Å². The summed E-state index contributed by atoms with van der Waals surface area (Å²) in [5, 5.41) is 0. The van der Waals surface area contributed by atoms with Gasteiger partial charge in [0.15, 0.2) is 0 Å². The lowest BCUT2D eigenvalue weighted by Gasteiger charge is -2.05. The number of rotatable bonds is 1. The van der Waals surface area contributed by atoms with Crippen LogP contribution in [0.3, 0.4) is 0 Å². The molecule has 1 aliphatic carbocycles. The average Bonchev–Trinajstić information content (AvgIpc) is 2.60. The molecule has 3 rings (SSSR count). The van der Waals surface area contributed by atoms with Crippen molar-refractivity contribution in [1.29, 1.82) is 0 Å². The Morgan fingerprint density at radius 1 is 0.882 bits per heavy atom. The standard InChI is InChI=1S/C14H8Br2O/c15-8-1-3-10-11-4-2-9(16)6-13(11)14(7-17)12(10)5-8/h1-7,14H. The summed E-state index contributed by atoms with van der Waals surface area (Å²) in [5.41, 5.74) is 4.49. The second-order valence-electron chi connectivity index (χ2n) is 4.08. The van der Waals surface area contributed by atoms with E-state index in [-0.39, 0.29) is 5.92 Å². The highest BCUT2D eigenvalue weighted by molar-refractivity contribution is 9.10. The quantitative estimate of drug-likeness (QED) is 0.690. The zero-order chi connectivity index (χ0) is 12.0. The van der Waals surface area contributed by atoms with Crippen LogP contribution in [0, 0.1) is 0 Å². The highest BCUT2D eigenvalue weighted by atomic mass is 79.9. The van der Waals surface area contributed by atoms with Gasteiger partial charge in [-0.25, -0.2) is 0 Å². The van der Waals surface area contributed by atoms with Gasteiger partial charge in [-0.05, 0) is 46.5 Å². The number of halogens is 2. The van der Waals surface area contributed by atoms with Gasteiger partial charge in [0.25, 0.3) is 0 Å². The summed E-state index contributed by atoms with van der Waals surface area (Å²) in [6, 6.07) is 12.2. The summed E-state index contributed by atoms with van der Waals surface area (Å²) in [6.07, 6.45) is 1.02. The fraction of sp³-hybridized carbons (Fsp3) is 0.0714. The van der Waals surface area contributed by atoms with Crippen molar-refractivity contribution in [2.45, 2.75) is 5.92 Å². The number of carbonyl (C=O) groups is 1. The molecule has 0 aliphatic heterocycles. The van der Waals surface area contributed by atoms with Crippen LogP contribution >= 0.6 is 31.9 Å². The van der Waals surface area contributed by atoms with Gasteiger partial charge in [0.2, 0.25) is 0 Å². The second kappa shape index (κ2) is 4.07. The molecule has 0 heterocycles. The molecule has 2 aromatic rings. The van der Waals surface area contributed by atoms with Crippen LogP contribution in [0.4, 0.5) is 0 Å². The van der Waals surface area contributed by atoms with E-state index >= 15 is 0 Å². The summed E-state index contributed by atoms with van der Waals surface area (Å²) >= 11 is 6.91. The summed E-state index contributed by atoms with van der Waals surface area (Å²) in [7, 11) is 0. The summed E-state index contributed by atoms with van der Waals surface area (Å²) < 4.78 is 2.02. The van der Waals surface area contributed by atoms with E-state index in [2.05, 4.69) is 44.0 Å². The van der Waals surface area contributed by atoms with Crippen molar-refractivity contribution >= 4 is 38.1 Å². The van der Waals surface area contributed by atoms with Crippen LogP contribution in [0.15, 0.2) is 45.3 Å². The Morgan fingerprint density at radius 2 is 1.35 bits per heavy atom. The molecule has 0 atom stereocenters. The van der Waals surface area contributed by atoms with Crippen molar-refractivity contribution in [3.05, 3.63) is 56.5 Å². The molecule has 0 saturated heterocycles. The van der Waals surface area contributed by atoms with E-state index < -0.39 is 0 Å². The molecule has 0 N–H and O–H groups in total. The summed E-state index contributed by atoms with van der Waals surface area (Å²) in [4.78, 5) is 11.3. The topological polar surface area (TPSA) is 17.1 Å². The first-order valence-electron chi connectivity index (χ1n) is 5.25. The smallest absolute Gasteiger partial charge is 0.131 e. The number of hydrogen-bond acceptors (Lipinski definition) is 1. The monoisotopic (exact) mass is 350 g/mol. The molecule has 84 valence electrons. The van der Waals surface area contributed by atoms with Gasteiger partial charge in [0, 0.05) is 8.95 Å². The zero-order valence-corrected chi connectivity index (χ0v) is 12.0. The van der Waals surface area contributed by atoms with Crippen molar-refractivity contribution in [2.75, 3.05) is 0 Å².